The van der Waals surface area contributed by atoms with Crippen molar-refractivity contribution < 1.29 is 13.2 Å². The number of azo groups is 1. The number of hydrogen-bond acceptors (Lipinski definition) is 7. The van der Waals surface area contributed by atoms with Crippen molar-refractivity contribution in [1.29, 1.82) is 5.26 Å². The number of anilines is 1. The van der Waals surface area contributed by atoms with Crippen LogP contribution in [0.3, 0.4) is 0 Å². The van der Waals surface area contributed by atoms with Crippen LogP contribution >= 0.6 is 10.7 Å². The van der Waals surface area contributed by atoms with E-state index in [1.165, 1.54) is 24.3 Å². The maximum absolute atomic E-state index is 12.5. The van der Waals surface area contributed by atoms with Crippen LogP contribution in [0.4, 0.5) is 11.4 Å². The summed E-state index contributed by atoms with van der Waals surface area (Å²) in [4.78, 5) is 12.4. The molecule has 1 unspecified atom stereocenters. The average molecular weight is 388 g/mol. The van der Waals surface area contributed by atoms with Crippen LogP contribution in [-0.4, -0.2) is 26.1 Å². The van der Waals surface area contributed by atoms with Crippen LogP contribution in [0.1, 0.15) is 0 Å². The number of nitriles is 1. The van der Waals surface area contributed by atoms with E-state index in [1.54, 1.807) is 30.3 Å². The second-order valence-electron chi connectivity index (χ2n) is 5.13. The number of hydrazone groups is 1. The molecule has 1 heterocycles. The van der Waals surface area contributed by atoms with Gasteiger partial charge in [0.05, 0.1) is 16.3 Å². The van der Waals surface area contributed by atoms with E-state index in [-0.39, 0.29) is 10.6 Å². The summed E-state index contributed by atoms with van der Waals surface area (Å²) in [7, 11) is 1.41. The number of rotatable bonds is 4. The molecule has 1 aliphatic rings. The van der Waals surface area contributed by atoms with Crippen LogP contribution in [0.5, 0.6) is 0 Å². The number of carbonyl (C=O) groups is 1. The molecule has 2 aromatic carbocycles. The predicted octanol–water partition coefficient (Wildman–Crippen LogP) is 2.99. The largest absolute Gasteiger partial charge is 0.281 e. The lowest BCUT2D eigenvalue weighted by molar-refractivity contribution is -0.117. The molecule has 0 aliphatic carbocycles. The summed E-state index contributed by atoms with van der Waals surface area (Å²) in [6.45, 7) is 0. The first kappa shape index (κ1) is 17.7. The van der Waals surface area contributed by atoms with Gasteiger partial charge in [0.15, 0.2) is 5.71 Å². The quantitative estimate of drug-likeness (QED) is 0.592. The first-order chi connectivity index (χ1) is 12.4. The minimum Gasteiger partial charge on any atom is -0.269 e. The van der Waals surface area contributed by atoms with Gasteiger partial charge in [0.2, 0.25) is 6.04 Å². The Morgan fingerprint density at radius 2 is 1.77 bits per heavy atom. The maximum atomic E-state index is 12.5. The molecule has 1 atom stereocenters. The van der Waals surface area contributed by atoms with Crippen molar-refractivity contribution in [1.82, 2.24) is 0 Å². The molecule has 130 valence electrons. The highest BCUT2D eigenvalue weighted by Gasteiger charge is 2.37. The summed E-state index contributed by atoms with van der Waals surface area (Å²) >= 11 is 0. The van der Waals surface area contributed by atoms with Gasteiger partial charge in [0, 0.05) is 10.7 Å². The summed E-state index contributed by atoms with van der Waals surface area (Å²) in [6, 6.07) is 14.6. The molecule has 0 spiro atoms. The summed E-state index contributed by atoms with van der Waals surface area (Å²) < 4.78 is 22.4. The number of carbonyl (C=O) groups excluding carboxylic acids is 1. The van der Waals surface area contributed by atoms with E-state index in [0.29, 0.717) is 11.4 Å². The minimum atomic E-state index is -3.83. The Hall–Kier alpha value is -3.09. The van der Waals surface area contributed by atoms with Crippen LogP contribution in [0.25, 0.3) is 0 Å². The Morgan fingerprint density at radius 3 is 2.35 bits per heavy atom. The van der Waals surface area contributed by atoms with E-state index in [0.717, 1.165) is 5.01 Å². The fraction of sp³-hybridized carbons (Fsp3) is 0.0625. The molecule has 0 saturated heterocycles. The summed E-state index contributed by atoms with van der Waals surface area (Å²) in [5.41, 5.74) is 0.736. The van der Waals surface area contributed by atoms with E-state index in [2.05, 4.69) is 15.3 Å². The molecule has 1 amide bonds. The first-order valence-electron chi connectivity index (χ1n) is 7.23. The van der Waals surface area contributed by atoms with Gasteiger partial charge in [0.1, 0.15) is 6.07 Å². The molecular formula is C16H10ClN5O3S. The van der Waals surface area contributed by atoms with E-state index < -0.39 is 21.0 Å². The molecule has 0 bridgehead atoms. The lowest BCUT2D eigenvalue weighted by atomic mass is 10.2. The van der Waals surface area contributed by atoms with E-state index >= 15 is 0 Å². The number of para-hydroxylation sites is 1. The molecule has 26 heavy (non-hydrogen) atoms. The van der Waals surface area contributed by atoms with Crippen molar-refractivity contribution in [2.45, 2.75) is 10.9 Å². The molecular weight excluding hydrogens is 378 g/mol. The van der Waals surface area contributed by atoms with Crippen molar-refractivity contribution in [3.63, 3.8) is 0 Å². The van der Waals surface area contributed by atoms with Gasteiger partial charge in [-0.1, -0.05) is 18.2 Å². The van der Waals surface area contributed by atoms with Gasteiger partial charge in [-0.15, -0.1) is 0 Å². The Balaban J connectivity index is 1.83. The molecule has 8 nitrogen and oxygen atoms in total. The Morgan fingerprint density at radius 1 is 1.12 bits per heavy atom. The maximum Gasteiger partial charge on any atom is 0.281 e. The highest BCUT2D eigenvalue weighted by Crippen LogP contribution is 2.24. The van der Waals surface area contributed by atoms with Crippen LogP contribution in [0.2, 0.25) is 0 Å². The zero-order chi connectivity index (χ0) is 18.7. The SMILES string of the molecule is N#CC1=NN(c2ccccc2)C(=O)C1N=Nc1ccc(S(=O)(=O)Cl)cc1. The van der Waals surface area contributed by atoms with E-state index in [4.69, 9.17) is 10.7 Å². The molecule has 2 aromatic rings. The number of amides is 1. The minimum absolute atomic E-state index is 0.0791. The third kappa shape index (κ3) is 3.61. The number of nitrogens with zero attached hydrogens (tertiary/aromatic N) is 5. The smallest absolute Gasteiger partial charge is 0.269 e. The third-order valence-electron chi connectivity index (χ3n) is 3.43. The molecule has 10 heteroatoms. The summed E-state index contributed by atoms with van der Waals surface area (Å²) in [5.74, 6) is -0.503. The monoisotopic (exact) mass is 387 g/mol. The molecule has 0 N–H and O–H groups in total. The zero-order valence-corrected chi connectivity index (χ0v) is 14.6. The molecule has 0 saturated carbocycles. The second kappa shape index (κ2) is 7.03. The van der Waals surface area contributed by atoms with Gasteiger partial charge in [-0.25, -0.2) is 8.42 Å². The van der Waals surface area contributed by atoms with Gasteiger partial charge >= 0.3 is 0 Å². The Kier molecular flexibility index (Phi) is 4.79. The number of benzene rings is 2. The second-order valence-corrected chi connectivity index (χ2v) is 7.70. The van der Waals surface area contributed by atoms with Crippen LogP contribution in [-0.2, 0) is 13.8 Å². The van der Waals surface area contributed by atoms with Crippen molar-refractivity contribution in [3.8, 4) is 6.07 Å². The lowest BCUT2D eigenvalue weighted by Gasteiger charge is -2.11. The van der Waals surface area contributed by atoms with Crippen LogP contribution < -0.4 is 5.01 Å². The highest BCUT2D eigenvalue weighted by molar-refractivity contribution is 8.13. The summed E-state index contributed by atoms with van der Waals surface area (Å²) in [6.07, 6.45) is 0. The molecule has 0 aromatic heterocycles. The van der Waals surface area contributed by atoms with Crippen molar-refractivity contribution >= 4 is 42.7 Å². The highest BCUT2D eigenvalue weighted by atomic mass is 35.7. The van der Waals surface area contributed by atoms with E-state index in [9.17, 15) is 18.5 Å². The first-order valence-corrected chi connectivity index (χ1v) is 9.54. The summed E-state index contributed by atoms with van der Waals surface area (Å²) in [5, 5.41) is 22.1. The van der Waals surface area contributed by atoms with Crippen LogP contribution in [0, 0.1) is 11.3 Å². The van der Waals surface area contributed by atoms with Gasteiger partial charge < -0.3 is 0 Å². The van der Waals surface area contributed by atoms with Gasteiger partial charge in [-0.05, 0) is 36.4 Å². The lowest BCUT2D eigenvalue weighted by Crippen LogP contribution is -2.30. The fourth-order valence-electron chi connectivity index (χ4n) is 2.19. The predicted molar refractivity (Wildman–Crippen MR) is 94.8 cm³/mol. The average Bonchev–Trinajstić information content (AvgIpc) is 2.96. The molecule has 0 fully saturated rings. The van der Waals surface area contributed by atoms with Crippen LogP contribution in [0.15, 0.2) is 74.8 Å². The third-order valence-corrected chi connectivity index (χ3v) is 4.80. The van der Waals surface area contributed by atoms with Gasteiger partial charge in [-0.3, -0.25) is 4.79 Å². The van der Waals surface area contributed by atoms with E-state index in [1.807, 2.05) is 6.07 Å². The number of halogens is 1. The number of hydrogen-bond donors (Lipinski definition) is 0. The Labute approximate surface area is 153 Å². The fourth-order valence-corrected chi connectivity index (χ4v) is 2.96. The molecule has 3 rings (SSSR count). The van der Waals surface area contributed by atoms with Crippen molar-refractivity contribution in [2.75, 3.05) is 5.01 Å². The molecule has 0 radical (unpaired) electrons. The van der Waals surface area contributed by atoms with Crippen molar-refractivity contribution in [3.05, 3.63) is 54.6 Å². The molecule has 1 aliphatic heterocycles. The topological polar surface area (TPSA) is 115 Å². The van der Waals surface area contributed by atoms with Gasteiger partial charge in [-0.2, -0.15) is 25.6 Å². The van der Waals surface area contributed by atoms with Crippen molar-refractivity contribution in [2.24, 2.45) is 15.3 Å². The zero-order valence-electron chi connectivity index (χ0n) is 13.0. The standard InChI is InChI=1S/C16H10ClN5O3S/c17-26(24,25)13-8-6-11(7-9-13)19-20-15-14(10-18)21-22(16(15)23)12-4-2-1-3-5-12/h1-9,15H. The Bertz CT molecular complexity index is 1040. The normalized spacial score (nSPS) is 17.4. The van der Waals surface area contributed by atoms with Gasteiger partial charge in [0.25, 0.3) is 15.0 Å².